The molecule has 0 saturated heterocycles. The molecule has 1 heterocycles. The van der Waals surface area contributed by atoms with Gasteiger partial charge in [0, 0.05) is 12.4 Å². The maximum atomic E-state index is 11.5. The normalized spacial score (nSPS) is 12.9. The van der Waals surface area contributed by atoms with Crippen LogP contribution in [0.5, 0.6) is 0 Å². The molecule has 0 aliphatic heterocycles. The molecule has 0 spiro atoms. The van der Waals surface area contributed by atoms with E-state index in [1.54, 1.807) is 12.4 Å². The topological polar surface area (TPSA) is 51.5 Å². The van der Waals surface area contributed by atoms with Gasteiger partial charge in [-0.1, -0.05) is 19.9 Å². The first-order valence-corrected chi connectivity index (χ1v) is 5.65. The number of ether oxygens (including phenoxy) is 1. The van der Waals surface area contributed by atoms with E-state index in [9.17, 15) is 4.79 Å². The Morgan fingerprint density at radius 3 is 2.82 bits per heavy atom. The van der Waals surface area contributed by atoms with Crippen molar-refractivity contribution in [2.45, 2.75) is 26.3 Å². The molecule has 1 aromatic heterocycles. The van der Waals surface area contributed by atoms with Gasteiger partial charge in [0.15, 0.2) is 0 Å². The number of rotatable bonds is 5. The highest BCUT2D eigenvalue weighted by atomic mass is 16.5. The van der Waals surface area contributed by atoms with Gasteiger partial charge in [-0.15, -0.1) is 0 Å². The fourth-order valence-electron chi connectivity index (χ4n) is 1.42. The Balaban J connectivity index is 2.72. The molecule has 0 aliphatic rings. The van der Waals surface area contributed by atoms with Gasteiger partial charge in [0.2, 0.25) is 0 Å². The van der Waals surface area contributed by atoms with E-state index in [0.717, 1.165) is 5.69 Å². The highest BCUT2D eigenvalue weighted by Crippen LogP contribution is 2.09. The zero-order chi connectivity index (χ0) is 12.7. The lowest BCUT2D eigenvalue weighted by molar-refractivity contribution is -0.142. The van der Waals surface area contributed by atoms with Crippen LogP contribution < -0.4 is 0 Å². The molecule has 0 fully saturated rings. The summed E-state index contributed by atoms with van der Waals surface area (Å²) in [4.78, 5) is 19.9. The second kappa shape index (κ2) is 6.78. The number of esters is 1. The molecule has 17 heavy (non-hydrogen) atoms. The van der Waals surface area contributed by atoms with E-state index in [1.165, 1.54) is 7.11 Å². The lowest BCUT2D eigenvalue weighted by Crippen LogP contribution is -2.22. The molecule has 92 valence electrons. The predicted octanol–water partition coefficient (Wildman–Crippen LogP) is 2.09. The summed E-state index contributed by atoms with van der Waals surface area (Å²) < 4.78 is 4.73. The van der Waals surface area contributed by atoms with E-state index >= 15 is 0 Å². The average molecular weight is 234 g/mol. The molecule has 4 heteroatoms. The van der Waals surface area contributed by atoms with E-state index in [0.29, 0.717) is 12.3 Å². The van der Waals surface area contributed by atoms with Crippen LogP contribution in [0.1, 0.15) is 26.0 Å². The Kier molecular flexibility index (Phi) is 5.33. The van der Waals surface area contributed by atoms with Crippen molar-refractivity contribution < 1.29 is 9.53 Å². The smallest absolute Gasteiger partial charge is 0.330 e. The third-order valence-corrected chi connectivity index (χ3v) is 2.24. The molecular weight excluding hydrogens is 216 g/mol. The summed E-state index contributed by atoms with van der Waals surface area (Å²) in [6.07, 6.45) is 3.98. The molecule has 0 amide bonds. The number of aromatic nitrogens is 1. The SMILES string of the molecule is COC(=O)[C@H](CC(C)C)N=Cc1ccccn1. The van der Waals surface area contributed by atoms with Crippen molar-refractivity contribution >= 4 is 12.2 Å². The second-order valence-electron chi connectivity index (χ2n) is 4.20. The monoisotopic (exact) mass is 234 g/mol. The molecule has 0 saturated carbocycles. The van der Waals surface area contributed by atoms with E-state index < -0.39 is 6.04 Å². The molecule has 1 rings (SSSR count). The van der Waals surface area contributed by atoms with Crippen molar-refractivity contribution in [2.24, 2.45) is 10.9 Å². The minimum atomic E-state index is -0.443. The molecule has 0 N–H and O–H groups in total. The van der Waals surface area contributed by atoms with Crippen LogP contribution in [0.3, 0.4) is 0 Å². The largest absolute Gasteiger partial charge is 0.467 e. The molecule has 1 atom stereocenters. The summed E-state index contributed by atoms with van der Waals surface area (Å²) in [6.45, 7) is 4.10. The third-order valence-electron chi connectivity index (χ3n) is 2.24. The van der Waals surface area contributed by atoms with Crippen LogP contribution in [0.4, 0.5) is 0 Å². The predicted molar refractivity (Wildman–Crippen MR) is 67.1 cm³/mol. The van der Waals surface area contributed by atoms with Crippen molar-refractivity contribution in [1.29, 1.82) is 0 Å². The molecular formula is C13H18N2O2. The lowest BCUT2D eigenvalue weighted by atomic mass is 10.0. The summed E-state index contributed by atoms with van der Waals surface area (Å²) in [5.41, 5.74) is 0.741. The number of pyridine rings is 1. The summed E-state index contributed by atoms with van der Waals surface area (Å²) in [6, 6.07) is 5.11. The Morgan fingerprint density at radius 1 is 1.53 bits per heavy atom. The molecule has 0 radical (unpaired) electrons. The Bertz CT molecular complexity index is 374. The molecule has 4 nitrogen and oxygen atoms in total. The Labute approximate surface area is 102 Å². The zero-order valence-corrected chi connectivity index (χ0v) is 10.5. The summed E-state index contributed by atoms with van der Waals surface area (Å²) in [5, 5.41) is 0. The van der Waals surface area contributed by atoms with Gasteiger partial charge < -0.3 is 4.74 Å². The summed E-state index contributed by atoms with van der Waals surface area (Å²) in [5.74, 6) is 0.0888. The van der Waals surface area contributed by atoms with E-state index in [1.807, 2.05) is 32.0 Å². The van der Waals surface area contributed by atoms with Crippen molar-refractivity contribution in [3.63, 3.8) is 0 Å². The quantitative estimate of drug-likeness (QED) is 0.579. The van der Waals surface area contributed by atoms with E-state index in [-0.39, 0.29) is 5.97 Å². The maximum Gasteiger partial charge on any atom is 0.330 e. The minimum Gasteiger partial charge on any atom is -0.467 e. The van der Waals surface area contributed by atoms with Gasteiger partial charge in [-0.2, -0.15) is 0 Å². The summed E-state index contributed by atoms with van der Waals surface area (Å²) in [7, 11) is 1.38. The van der Waals surface area contributed by atoms with Crippen molar-refractivity contribution in [3.05, 3.63) is 30.1 Å². The number of aliphatic imine (C=N–C) groups is 1. The average Bonchev–Trinajstić information content (AvgIpc) is 2.34. The fraction of sp³-hybridized carbons (Fsp3) is 0.462. The Morgan fingerprint density at radius 2 is 2.29 bits per heavy atom. The van der Waals surface area contributed by atoms with Crippen LogP contribution in [0, 0.1) is 5.92 Å². The van der Waals surface area contributed by atoms with E-state index in [2.05, 4.69) is 9.98 Å². The molecule has 0 unspecified atom stereocenters. The minimum absolute atomic E-state index is 0.300. The van der Waals surface area contributed by atoms with Crippen molar-refractivity contribution in [2.75, 3.05) is 7.11 Å². The van der Waals surface area contributed by atoms with Gasteiger partial charge in [-0.25, -0.2) is 4.79 Å². The highest BCUT2D eigenvalue weighted by Gasteiger charge is 2.18. The number of methoxy groups -OCH3 is 1. The van der Waals surface area contributed by atoms with Gasteiger partial charge in [0.25, 0.3) is 0 Å². The number of hydrogen-bond acceptors (Lipinski definition) is 4. The lowest BCUT2D eigenvalue weighted by Gasteiger charge is -2.11. The van der Waals surface area contributed by atoms with Crippen LogP contribution in [-0.4, -0.2) is 30.3 Å². The van der Waals surface area contributed by atoms with Crippen LogP contribution in [0.25, 0.3) is 0 Å². The van der Waals surface area contributed by atoms with E-state index in [4.69, 9.17) is 4.74 Å². The fourth-order valence-corrected chi connectivity index (χ4v) is 1.42. The first kappa shape index (κ1) is 13.4. The molecule has 0 aromatic carbocycles. The van der Waals surface area contributed by atoms with Crippen LogP contribution in [-0.2, 0) is 9.53 Å². The zero-order valence-electron chi connectivity index (χ0n) is 10.5. The van der Waals surface area contributed by atoms with Crippen LogP contribution in [0.2, 0.25) is 0 Å². The molecule has 0 aliphatic carbocycles. The van der Waals surface area contributed by atoms with Gasteiger partial charge in [0.1, 0.15) is 6.04 Å². The number of carbonyl (C=O) groups excluding carboxylic acids is 1. The Hall–Kier alpha value is -1.71. The van der Waals surface area contributed by atoms with Crippen molar-refractivity contribution in [1.82, 2.24) is 4.98 Å². The molecule has 1 aromatic rings. The molecule has 0 bridgehead atoms. The van der Waals surface area contributed by atoms with Gasteiger partial charge in [0.05, 0.1) is 12.8 Å². The number of nitrogens with zero attached hydrogens (tertiary/aromatic N) is 2. The van der Waals surface area contributed by atoms with Crippen LogP contribution >= 0.6 is 0 Å². The number of hydrogen-bond donors (Lipinski definition) is 0. The third kappa shape index (κ3) is 4.76. The maximum absolute atomic E-state index is 11.5. The van der Waals surface area contributed by atoms with Gasteiger partial charge >= 0.3 is 5.97 Å². The van der Waals surface area contributed by atoms with Gasteiger partial charge in [-0.05, 0) is 24.5 Å². The standard InChI is InChI=1S/C13H18N2O2/c1-10(2)8-12(13(16)17-3)15-9-11-6-4-5-7-14-11/h4-7,9-10,12H,8H2,1-3H3/t12-/m0/s1. The highest BCUT2D eigenvalue weighted by molar-refractivity contribution is 5.82. The number of carbonyl (C=O) groups is 1. The van der Waals surface area contributed by atoms with Crippen LogP contribution in [0.15, 0.2) is 29.4 Å². The summed E-state index contributed by atoms with van der Waals surface area (Å²) >= 11 is 0. The van der Waals surface area contributed by atoms with Gasteiger partial charge in [-0.3, -0.25) is 9.98 Å². The first-order chi connectivity index (χ1) is 8.13. The first-order valence-electron chi connectivity index (χ1n) is 5.65. The second-order valence-corrected chi connectivity index (χ2v) is 4.20. The van der Waals surface area contributed by atoms with Crippen molar-refractivity contribution in [3.8, 4) is 0 Å².